The Morgan fingerprint density at radius 2 is 2.21 bits per heavy atom. The molecule has 6 nitrogen and oxygen atoms in total. The highest BCUT2D eigenvalue weighted by molar-refractivity contribution is 5.79. The maximum absolute atomic E-state index is 13.4. The summed E-state index contributed by atoms with van der Waals surface area (Å²) in [5.74, 6) is -2.38. The van der Waals surface area contributed by atoms with E-state index < -0.39 is 28.4 Å². The van der Waals surface area contributed by atoms with Crippen LogP contribution in [0.5, 0.6) is 0 Å². The van der Waals surface area contributed by atoms with Crippen molar-refractivity contribution in [1.29, 1.82) is 0 Å². The van der Waals surface area contributed by atoms with Crippen molar-refractivity contribution in [2.24, 2.45) is 5.92 Å². The van der Waals surface area contributed by atoms with Crippen molar-refractivity contribution < 1.29 is 19.2 Å². The minimum absolute atomic E-state index is 0.127. The number of para-hydroxylation sites is 1. The number of benzene rings is 1. The van der Waals surface area contributed by atoms with Gasteiger partial charge in [0.2, 0.25) is 5.82 Å². The van der Waals surface area contributed by atoms with Crippen molar-refractivity contribution in [2.45, 2.75) is 26.3 Å². The van der Waals surface area contributed by atoms with Gasteiger partial charge in [-0.25, -0.2) is 4.79 Å². The highest BCUT2D eigenvalue weighted by atomic mass is 19.1. The fourth-order valence-corrected chi connectivity index (χ4v) is 1.67. The maximum atomic E-state index is 13.4. The molecule has 0 saturated carbocycles. The van der Waals surface area contributed by atoms with Gasteiger partial charge in [-0.1, -0.05) is 26.3 Å². The summed E-state index contributed by atoms with van der Waals surface area (Å²) in [7, 11) is 0. The first-order chi connectivity index (χ1) is 8.88. The number of hydrogen-bond acceptors (Lipinski definition) is 4. The van der Waals surface area contributed by atoms with E-state index in [-0.39, 0.29) is 11.6 Å². The number of carboxylic acid groups (broad SMARTS) is 1. The molecule has 104 valence electrons. The van der Waals surface area contributed by atoms with Gasteiger partial charge in [0.1, 0.15) is 11.7 Å². The standard InChI is InChI=1S/C12H15FN2O4/c1-3-7(2)10(12(16)17)14-9-6-4-5-8(13)11(9)15(18)19/h4-7,10,14H,3H2,1-2H3,(H,16,17). The number of anilines is 1. The molecule has 2 atom stereocenters. The molecule has 0 radical (unpaired) electrons. The van der Waals surface area contributed by atoms with Crippen LogP contribution in [0.2, 0.25) is 0 Å². The first kappa shape index (κ1) is 14.9. The Morgan fingerprint density at radius 3 is 2.68 bits per heavy atom. The molecule has 0 amide bonds. The van der Waals surface area contributed by atoms with E-state index >= 15 is 0 Å². The third-order valence-corrected chi connectivity index (χ3v) is 2.96. The number of nitrogens with one attached hydrogen (secondary N) is 1. The van der Waals surface area contributed by atoms with Crippen LogP contribution in [-0.4, -0.2) is 22.0 Å². The van der Waals surface area contributed by atoms with E-state index in [1.165, 1.54) is 12.1 Å². The second kappa shape index (κ2) is 6.12. The lowest BCUT2D eigenvalue weighted by molar-refractivity contribution is -0.386. The molecule has 0 aliphatic rings. The number of carboxylic acids is 1. The number of rotatable bonds is 6. The fourth-order valence-electron chi connectivity index (χ4n) is 1.67. The summed E-state index contributed by atoms with van der Waals surface area (Å²) in [6, 6.07) is 2.53. The number of nitro groups is 1. The van der Waals surface area contributed by atoms with Crippen LogP contribution < -0.4 is 5.32 Å². The van der Waals surface area contributed by atoms with Gasteiger partial charge >= 0.3 is 11.7 Å². The molecule has 19 heavy (non-hydrogen) atoms. The van der Waals surface area contributed by atoms with E-state index in [2.05, 4.69) is 5.32 Å². The average molecular weight is 270 g/mol. The Kier molecular flexibility index (Phi) is 4.80. The fraction of sp³-hybridized carbons (Fsp3) is 0.417. The summed E-state index contributed by atoms with van der Waals surface area (Å²) in [6.45, 7) is 3.51. The predicted octanol–water partition coefficient (Wildman–Crippen LogP) is 2.65. The van der Waals surface area contributed by atoms with E-state index in [1.807, 2.05) is 6.92 Å². The van der Waals surface area contributed by atoms with Crippen molar-refractivity contribution in [3.63, 3.8) is 0 Å². The molecule has 7 heteroatoms. The van der Waals surface area contributed by atoms with E-state index in [9.17, 15) is 19.3 Å². The van der Waals surface area contributed by atoms with E-state index in [4.69, 9.17) is 5.11 Å². The molecule has 1 aromatic rings. The number of hydrogen-bond donors (Lipinski definition) is 2. The average Bonchev–Trinajstić information content (AvgIpc) is 2.34. The van der Waals surface area contributed by atoms with Gasteiger partial charge in [-0.2, -0.15) is 4.39 Å². The number of nitrogens with zero attached hydrogens (tertiary/aromatic N) is 1. The molecular weight excluding hydrogens is 255 g/mol. The largest absolute Gasteiger partial charge is 0.480 e. The van der Waals surface area contributed by atoms with Crippen LogP contribution in [0, 0.1) is 21.8 Å². The van der Waals surface area contributed by atoms with Gasteiger partial charge in [0.25, 0.3) is 0 Å². The van der Waals surface area contributed by atoms with Crippen LogP contribution in [0.1, 0.15) is 20.3 Å². The van der Waals surface area contributed by atoms with Gasteiger partial charge in [0.15, 0.2) is 0 Å². The zero-order valence-corrected chi connectivity index (χ0v) is 10.6. The van der Waals surface area contributed by atoms with Gasteiger partial charge in [-0.3, -0.25) is 10.1 Å². The monoisotopic (exact) mass is 270 g/mol. The molecule has 1 aromatic carbocycles. The minimum Gasteiger partial charge on any atom is -0.480 e. The smallest absolute Gasteiger partial charge is 0.327 e. The summed E-state index contributed by atoms with van der Waals surface area (Å²) in [6.07, 6.45) is 0.576. The highest BCUT2D eigenvalue weighted by Crippen LogP contribution is 2.29. The van der Waals surface area contributed by atoms with Gasteiger partial charge in [-0.05, 0) is 18.1 Å². The van der Waals surface area contributed by atoms with Crippen molar-refractivity contribution in [2.75, 3.05) is 5.32 Å². The van der Waals surface area contributed by atoms with Crippen molar-refractivity contribution >= 4 is 17.3 Å². The Balaban J connectivity index is 3.13. The summed E-state index contributed by atoms with van der Waals surface area (Å²) in [4.78, 5) is 21.1. The zero-order valence-electron chi connectivity index (χ0n) is 10.6. The van der Waals surface area contributed by atoms with Crippen molar-refractivity contribution in [1.82, 2.24) is 0 Å². The molecule has 0 fully saturated rings. The SMILES string of the molecule is CCC(C)C(Nc1cccc(F)c1[N+](=O)[O-])C(=O)O. The molecule has 0 aromatic heterocycles. The van der Waals surface area contributed by atoms with Crippen LogP contribution in [0.3, 0.4) is 0 Å². The van der Waals surface area contributed by atoms with Crippen LogP contribution in [0.25, 0.3) is 0 Å². The third kappa shape index (κ3) is 3.40. The topological polar surface area (TPSA) is 92.5 Å². The molecule has 2 N–H and O–H groups in total. The van der Waals surface area contributed by atoms with Crippen molar-refractivity contribution in [3.05, 3.63) is 34.1 Å². The number of aliphatic carboxylic acids is 1. The summed E-state index contributed by atoms with van der Waals surface area (Å²) in [5, 5.41) is 22.5. The van der Waals surface area contributed by atoms with Gasteiger partial charge in [0.05, 0.1) is 4.92 Å². The van der Waals surface area contributed by atoms with E-state index in [0.717, 1.165) is 6.07 Å². The highest BCUT2D eigenvalue weighted by Gasteiger charge is 2.27. The van der Waals surface area contributed by atoms with Gasteiger partial charge < -0.3 is 10.4 Å². The van der Waals surface area contributed by atoms with Crippen LogP contribution in [0.4, 0.5) is 15.8 Å². The normalized spacial score (nSPS) is 13.6. The molecule has 1 rings (SSSR count). The van der Waals surface area contributed by atoms with Gasteiger partial charge in [0, 0.05) is 0 Å². The molecule has 0 saturated heterocycles. The lowest BCUT2D eigenvalue weighted by Crippen LogP contribution is -2.35. The first-order valence-corrected chi connectivity index (χ1v) is 5.80. The molecule has 0 spiro atoms. The lowest BCUT2D eigenvalue weighted by Gasteiger charge is -2.21. The van der Waals surface area contributed by atoms with Crippen LogP contribution in [-0.2, 0) is 4.79 Å². The number of carbonyl (C=O) groups is 1. The number of halogens is 1. The summed E-state index contributed by atoms with van der Waals surface area (Å²) in [5.41, 5.74) is -0.866. The predicted molar refractivity (Wildman–Crippen MR) is 67.6 cm³/mol. The zero-order chi connectivity index (χ0) is 14.6. The molecule has 0 heterocycles. The quantitative estimate of drug-likeness (QED) is 0.612. The van der Waals surface area contributed by atoms with E-state index in [0.29, 0.717) is 6.42 Å². The van der Waals surface area contributed by atoms with E-state index in [1.54, 1.807) is 6.92 Å². The maximum Gasteiger partial charge on any atom is 0.327 e. The van der Waals surface area contributed by atoms with Crippen LogP contribution in [0.15, 0.2) is 18.2 Å². The first-order valence-electron chi connectivity index (χ1n) is 5.80. The molecule has 0 aliphatic carbocycles. The Hall–Kier alpha value is -2.18. The molecular formula is C12H15FN2O4. The summed E-state index contributed by atoms with van der Waals surface area (Å²) < 4.78 is 13.4. The lowest BCUT2D eigenvalue weighted by atomic mass is 9.99. The Labute approximate surface area is 109 Å². The minimum atomic E-state index is -1.13. The Morgan fingerprint density at radius 1 is 1.58 bits per heavy atom. The van der Waals surface area contributed by atoms with Gasteiger partial charge in [-0.15, -0.1) is 0 Å². The molecule has 0 bridgehead atoms. The second-order valence-corrected chi connectivity index (χ2v) is 4.24. The molecule has 2 unspecified atom stereocenters. The third-order valence-electron chi connectivity index (χ3n) is 2.96. The Bertz CT molecular complexity index is 493. The van der Waals surface area contributed by atoms with Crippen LogP contribution >= 0.6 is 0 Å². The van der Waals surface area contributed by atoms with Crippen molar-refractivity contribution in [3.8, 4) is 0 Å². The number of nitro benzene ring substituents is 1. The summed E-state index contributed by atoms with van der Waals surface area (Å²) >= 11 is 0. The second-order valence-electron chi connectivity index (χ2n) is 4.24. The molecule has 0 aliphatic heterocycles.